The summed E-state index contributed by atoms with van der Waals surface area (Å²) in [5, 5.41) is 14.2. The first-order chi connectivity index (χ1) is 8.61. The molecular formula is C15H29NO2. The molecule has 2 aliphatic rings. The second-order valence-electron chi connectivity index (χ2n) is 6.52. The van der Waals surface area contributed by atoms with Crippen molar-refractivity contribution in [3.63, 3.8) is 0 Å². The second-order valence-corrected chi connectivity index (χ2v) is 6.52. The van der Waals surface area contributed by atoms with Crippen LogP contribution in [0.25, 0.3) is 0 Å². The van der Waals surface area contributed by atoms with Crippen LogP contribution in [-0.4, -0.2) is 36.5 Å². The Balaban J connectivity index is 1.71. The summed E-state index contributed by atoms with van der Waals surface area (Å²) in [6.07, 6.45) is 9.53. The van der Waals surface area contributed by atoms with Gasteiger partial charge in [-0.2, -0.15) is 0 Å². The van der Waals surface area contributed by atoms with Gasteiger partial charge in [0.2, 0.25) is 0 Å². The summed E-state index contributed by atoms with van der Waals surface area (Å²) in [7, 11) is 1.81. The molecule has 2 rings (SSSR count). The highest BCUT2D eigenvalue weighted by Gasteiger charge is 2.33. The van der Waals surface area contributed by atoms with E-state index in [1.165, 1.54) is 25.7 Å². The van der Waals surface area contributed by atoms with Crippen molar-refractivity contribution < 1.29 is 9.84 Å². The van der Waals surface area contributed by atoms with E-state index in [0.29, 0.717) is 18.1 Å². The van der Waals surface area contributed by atoms with Crippen LogP contribution in [0.1, 0.15) is 58.3 Å². The summed E-state index contributed by atoms with van der Waals surface area (Å²) in [5.74, 6) is 0.676. The lowest BCUT2D eigenvalue weighted by Crippen LogP contribution is -2.48. The zero-order chi connectivity index (χ0) is 13.0. The van der Waals surface area contributed by atoms with Crippen molar-refractivity contribution >= 4 is 0 Å². The number of hydrogen-bond acceptors (Lipinski definition) is 3. The van der Waals surface area contributed by atoms with E-state index in [0.717, 1.165) is 32.2 Å². The molecule has 2 atom stereocenters. The Morgan fingerprint density at radius 1 is 1.22 bits per heavy atom. The van der Waals surface area contributed by atoms with Gasteiger partial charge in [-0.1, -0.05) is 19.8 Å². The summed E-state index contributed by atoms with van der Waals surface area (Å²) in [4.78, 5) is 0. The average Bonchev–Trinajstić information content (AvgIpc) is 2.37. The summed E-state index contributed by atoms with van der Waals surface area (Å²) in [6, 6.07) is 0.581. The second kappa shape index (κ2) is 6.36. The molecule has 2 aliphatic carbocycles. The Morgan fingerprint density at radius 3 is 2.56 bits per heavy atom. The molecule has 2 N–H and O–H groups in total. The molecule has 0 amide bonds. The Bertz CT molecular complexity index is 251. The monoisotopic (exact) mass is 255 g/mol. The van der Waals surface area contributed by atoms with E-state index in [1.807, 2.05) is 7.11 Å². The maximum absolute atomic E-state index is 10.6. The van der Waals surface area contributed by atoms with Gasteiger partial charge in [0.1, 0.15) is 0 Å². The molecule has 0 aliphatic heterocycles. The van der Waals surface area contributed by atoms with Gasteiger partial charge in [0.25, 0.3) is 0 Å². The van der Waals surface area contributed by atoms with Crippen molar-refractivity contribution in [2.45, 2.75) is 76.0 Å². The van der Waals surface area contributed by atoms with Gasteiger partial charge in [-0.05, 0) is 44.4 Å². The van der Waals surface area contributed by atoms with Gasteiger partial charge in [0.15, 0.2) is 0 Å². The van der Waals surface area contributed by atoms with Crippen LogP contribution in [-0.2, 0) is 4.74 Å². The first-order valence-electron chi connectivity index (χ1n) is 7.60. The lowest BCUT2D eigenvalue weighted by molar-refractivity contribution is -0.0164. The minimum absolute atomic E-state index is 0.449. The molecule has 2 unspecified atom stereocenters. The maximum Gasteiger partial charge on any atom is 0.0774 e. The molecule has 0 aromatic heterocycles. The van der Waals surface area contributed by atoms with Gasteiger partial charge in [-0.25, -0.2) is 0 Å². The van der Waals surface area contributed by atoms with Crippen LogP contribution in [0.4, 0.5) is 0 Å². The summed E-state index contributed by atoms with van der Waals surface area (Å²) < 4.78 is 5.39. The predicted octanol–water partition coefficient (Wildman–Crippen LogP) is 2.47. The molecule has 0 aromatic rings. The SMILES string of the molecule is COC1CCC(NCC2(O)CCCC(C)C2)CC1. The Morgan fingerprint density at radius 2 is 1.94 bits per heavy atom. The Hall–Kier alpha value is -0.120. The fraction of sp³-hybridized carbons (Fsp3) is 1.00. The number of hydrogen-bond donors (Lipinski definition) is 2. The van der Waals surface area contributed by atoms with Crippen molar-refractivity contribution in [2.24, 2.45) is 5.92 Å². The van der Waals surface area contributed by atoms with Crippen LogP contribution in [0, 0.1) is 5.92 Å². The van der Waals surface area contributed by atoms with E-state index in [4.69, 9.17) is 4.74 Å². The van der Waals surface area contributed by atoms with Gasteiger partial charge in [0.05, 0.1) is 11.7 Å². The fourth-order valence-corrected chi connectivity index (χ4v) is 3.63. The van der Waals surface area contributed by atoms with E-state index >= 15 is 0 Å². The van der Waals surface area contributed by atoms with Crippen molar-refractivity contribution in [3.05, 3.63) is 0 Å². The molecule has 2 fully saturated rings. The molecule has 106 valence electrons. The molecule has 0 radical (unpaired) electrons. The third kappa shape index (κ3) is 3.94. The lowest BCUT2D eigenvalue weighted by Gasteiger charge is -2.38. The van der Waals surface area contributed by atoms with E-state index in [9.17, 15) is 5.11 Å². The molecule has 0 bridgehead atoms. The largest absolute Gasteiger partial charge is 0.389 e. The van der Waals surface area contributed by atoms with Gasteiger partial charge >= 0.3 is 0 Å². The van der Waals surface area contributed by atoms with Gasteiger partial charge in [0, 0.05) is 19.7 Å². The average molecular weight is 255 g/mol. The molecule has 3 nitrogen and oxygen atoms in total. The topological polar surface area (TPSA) is 41.5 Å². The van der Waals surface area contributed by atoms with E-state index < -0.39 is 5.60 Å². The summed E-state index contributed by atoms with van der Waals surface area (Å²) >= 11 is 0. The number of rotatable bonds is 4. The third-order valence-electron chi connectivity index (χ3n) is 4.79. The van der Waals surface area contributed by atoms with Crippen LogP contribution in [0.15, 0.2) is 0 Å². The van der Waals surface area contributed by atoms with Crippen LogP contribution in [0.5, 0.6) is 0 Å². The predicted molar refractivity (Wildman–Crippen MR) is 73.6 cm³/mol. The Kier molecular flexibility index (Phi) is 5.05. The zero-order valence-corrected chi connectivity index (χ0v) is 12.0. The molecule has 0 saturated heterocycles. The minimum Gasteiger partial charge on any atom is -0.389 e. The first kappa shape index (κ1) is 14.3. The van der Waals surface area contributed by atoms with Crippen LogP contribution in [0.3, 0.4) is 0 Å². The Labute approximate surface area is 111 Å². The summed E-state index contributed by atoms with van der Waals surface area (Å²) in [6.45, 7) is 3.04. The van der Waals surface area contributed by atoms with Crippen molar-refractivity contribution in [1.82, 2.24) is 5.32 Å². The van der Waals surface area contributed by atoms with Crippen LogP contribution in [0.2, 0.25) is 0 Å². The number of aliphatic hydroxyl groups is 1. The third-order valence-corrected chi connectivity index (χ3v) is 4.79. The molecule has 18 heavy (non-hydrogen) atoms. The molecule has 0 aromatic carbocycles. The summed E-state index contributed by atoms with van der Waals surface area (Å²) in [5.41, 5.74) is -0.449. The van der Waals surface area contributed by atoms with Crippen LogP contribution < -0.4 is 5.32 Å². The van der Waals surface area contributed by atoms with Gasteiger partial charge < -0.3 is 15.2 Å². The van der Waals surface area contributed by atoms with Gasteiger partial charge in [-0.15, -0.1) is 0 Å². The molecular weight excluding hydrogens is 226 g/mol. The zero-order valence-electron chi connectivity index (χ0n) is 12.0. The van der Waals surface area contributed by atoms with E-state index in [-0.39, 0.29) is 0 Å². The first-order valence-corrected chi connectivity index (χ1v) is 7.60. The molecule has 0 heterocycles. The quantitative estimate of drug-likeness (QED) is 0.811. The van der Waals surface area contributed by atoms with Crippen molar-refractivity contribution in [3.8, 4) is 0 Å². The number of nitrogens with one attached hydrogen (secondary N) is 1. The normalized spacial score (nSPS) is 41.8. The number of methoxy groups -OCH3 is 1. The minimum atomic E-state index is -0.449. The highest BCUT2D eigenvalue weighted by molar-refractivity contribution is 4.89. The highest BCUT2D eigenvalue weighted by Crippen LogP contribution is 2.32. The molecule has 3 heteroatoms. The molecule has 2 saturated carbocycles. The smallest absolute Gasteiger partial charge is 0.0774 e. The van der Waals surface area contributed by atoms with Crippen molar-refractivity contribution in [1.29, 1.82) is 0 Å². The van der Waals surface area contributed by atoms with E-state index in [2.05, 4.69) is 12.2 Å². The fourth-order valence-electron chi connectivity index (χ4n) is 3.63. The van der Waals surface area contributed by atoms with E-state index in [1.54, 1.807) is 0 Å². The standard InChI is InChI=1S/C15H29NO2/c1-12-4-3-9-15(17,10-12)11-16-13-5-7-14(18-2)8-6-13/h12-14,16-17H,3-11H2,1-2H3. The lowest BCUT2D eigenvalue weighted by atomic mass is 9.78. The maximum atomic E-state index is 10.6. The molecule has 0 spiro atoms. The van der Waals surface area contributed by atoms with Gasteiger partial charge in [-0.3, -0.25) is 0 Å². The van der Waals surface area contributed by atoms with Crippen LogP contribution >= 0.6 is 0 Å². The van der Waals surface area contributed by atoms with Crippen molar-refractivity contribution in [2.75, 3.05) is 13.7 Å². The number of ether oxygens (including phenoxy) is 1. The highest BCUT2D eigenvalue weighted by atomic mass is 16.5.